The van der Waals surface area contributed by atoms with Crippen LogP contribution in [0.5, 0.6) is 0 Å². The minimum Gasteiger partial charge on any atom is -0.465 e. The third-order valence-electron chi connectivity index (χ3n) is 5.91. The van der Waals surface area contributed by atoms with Crippen molar-refractivity contribution in [2.75, 3.05) is 12.4 Å². The number of nitrogens with one attached hydrogen (secondary N) is 1. The lowest BCUT2D eigenvalue weighted by Gasteiger charge is -2.20. The standard InChI is InChI=1S/C26H27NO3S2/c1-3-17-14-15-20-21(16-17)32-25(22(20)26(29)30-2)27-24(28)23(18-10-6-4-7-11-18)31-19-12-8-5-9-13-19/h4-13,17,23H,3,14-16H2,1-2H3,(H,27,28)/t17-,23+/m1/s1. The van der Waals surface area contributed by atoms with Crippen LogP contribution in [-0.2, 0) is 22.4 Å². The molecule has 0 fully saturated rings. The third kappa shape index (κ3) is 4.92. The van der Waals surface area contributed by atoms with Gasteiger partial charge in [0.25, 0.3) is 0 Å². The number of carbonyl (C=O) groups is 2. The Bertz CT molecular complexity index is 1080. The molecule has 1 aliphatic rings. The Kier molecular flexibility index (Phi) is 7.33. The van der Waals surface area contributed by atoms with E-state index in [2.05, 4.69) is 12.2 Å². The van der Waals surface area contributed by atoms with Crippen molar-refractivity contribution in [3.63, 3.8) is 0 Å². The highest BCUT2D eigenvalue weighted by atomic mass is 32.2. The first-order chi connectivity index (χ1) is 15.6. The molecule has 4 nitrogen and oxygen atoms in total. The van der Waals surface area contributed by atoms with Crippen LogP contribution >= 0.6 is 23.1 Å². The fourth-order valence-electron chi connectivity index (χ4n) is 4.12. The topological polar surface area (TPSA) is 55.4 Å². The highest BCUT2D eigenvalue weighted by Gasteiger charge is 2.31. The number of benzene rings is 2. The summed E-state index contributed by atoms with van der Waals surface area (Å²) in [5, 5.41) is 3.26. The predicted octanol–water partition coefficient (Wildman–Crippen LogP) is 6.52. The number of fused-ring (bicyclic) bond motifs is 1. The summed E-state index contributed by atoms with van der Waals surface area (Å²) in [4.78, 5) is 28.4. The smallest absolute Gasteiger partial charge is 0.341 e. The van der Waals surface area contributed by atoms with Gasteiger partial charge in [-0.15, -0.1) is 23.1 Å². The number of hydrogen-bond acceptors (Lipinski definition) is 5. The highest BCUT2D eigenvalue weighted by molar-refractivity contribution is 8.00. The van der Waals surface area contributed by atoms with Crippen LogP contribution in [0.3, 0.4) is 0 Å². The van der Waals surface area contributed by atoms with E-state index in [0.717, 1.165) is 41.7 Å². The quantitative estimate of drug-likeness (QED) is 0.319. The number of amides is 1. The van der Waals surface area contributed by atoms with E-state index in [4.69, 9.17) is 4.74 Å². The maximum atomic E-state index is 13.5. The normalized spacial score (nSPS) is 16.1. The van der Waals surface area contributed by atoms with Gasteiger partial charge in [-0.05, 0) is 48.4 Å². The Hall–Kier alpha value is -2.57. The zero-order valence-corrected chi connectivity index (χ0v) is 19.9. The first kappa shape index (κ1) is 22.6. The van der Waals surface area contributed by atoms with Gasteiger partial charge in [0.1, 0.15) is 10.3 Å². The van der Waals surface area contributed by atoms with Crippen LogP contribution in [0.15, 0.2) is 65.6 Å². The number of carbonyl (C=O) groups excluding carboxylic acids is 2. The molecule has 166 valence electrons. The van der Waals surface area contributed by atoms with Crippen molar-refractivity contribution < 1.29 is 14.3 Å². The van der Waals surface area contributed by atoms with E-state index in [1.54, 1.807) is 0 Å². The van der Waals surface area contributed by atoms with Crippen molar-refractivity contribution in [3.8, 4) is 0 Å². The minimum atomic E-state index is -0.438. The van der Waals surface area contributed by atoms with Gasteiger partial charge in [-0.3, -0.25) is 4.79 Å². The van der Waals surface area contributed by atoms with Gasteiger partial charge in [-0.1, -0.05) is 61.9 Å². The summed E-state index contributed by atoms with van der Waals surface area (Å²) < 4.78 is 5.09. The van der Waals surface area contributed by atoms with Gasteiger partial charge in [0.2, 0.25) is 5.91 Å². The maximum absolute atomic E-state index is 13.5. The predicted molar refractivity (Wildman–Crippen MR) is 132 cm³/mol. The Morgan fingerprint density at radius 3 is 2.47 bits per heavy atom. The average Bonchev–Trinajstić information content (AvgIpc) is 3.19. The molecule has 6 heteroatoms. The number of methoxy groups -OCH3 is 1. The molecule has 0 bridgehead atoms. The van der Waals surface area contributed by atoms with Gasteiger partial charge in [-0.2, -0.15) is 0 Å². The van der Waals surface area contributed by atoms with Crippen LogP contribution in [0.4, 0.5) is 5.00 Å². The largest absolute Gasteiger partial charge is 0.465 e. The van der Waals surface area contributed by atoms with Gasteiger partial charge >= 0.3 is 5.97 Å². The summed E-state index contributed by atoms with van der Waals surface area (Å²) >= 11 is 3.03. The molecule has 0 aliphatic heterocycles. The summed E-state index contributed by atoms with van der Waals surface area (Å²) in [7, 11) is 1.40. The number of hydrogen-bond donors (Lipinski definition) is 1. The number of anilines is 1. The third-order valence-corrected chi connectivity index (χ3v) is 8.34. The molecule has 3 aromatic rings. The van der Waals surface area contributed by atoms with Crippen LogP contribution in [0, 0.1) is 5.92 Å². The zero-order chi connectivity index (χ0) is 22.5. The molecule has 1 N–H and O–H groups in total. The van der Waals surface area contributed by atoms with E-state index < -0.39 is 5.25 Å². The van der Waals surface area contributed by atoms with Crippen molar-refractivity contribution in [2.45, 2.75) is 42.8 Å². The van der Waals surface area contributed by atoms with Gasteiger partial charge in [0.05, 0.1) is 12.7 Å². The Morgan fingerprint density at radius 1 is 1.12 bits per heavy atom. The number of thioether (sulfide) groups is 1. The Labute approximate surface area is 197 Å². The first-order valence-corrected chi connectivity index (χ1v) is 12.6. The summed E-state index contributed by atoms with van der Waals surface area (Å²) in [6, 6.07) is 19.7. The van der Waals surface area contributed by atoms with Crippen LogP contribution in [-0.4, -0.2) is 19.0 Å². The number of esters is 1. The summed E-state index contributed by atoms with van der Waals surface area (Å²) in [6.07, 6.45) is 3.99. The van der Waals surface area contributed by atoms with Crippen LogP contribution in [0.2, 0.25) is 0 Å². The first-order valence-electron chi connectivity index (χ1n) is 10.9. The molecule has 2 aromatic carbocycles. The van der Waals surface area contributed by atoms with Crippen molar-refractivity contribution in [2.24, 2.45) is 5.92 Å². The zero-order valence-electron chi connectivity index (χ0n) is 18.3. The van der Waals surface area contributed by atoms with E-state index in [1.807, 2.05) is 60.7 Å². The van der Waals surface area contributed by atoms with E-state index in [1.165, 1.54) is 35.1 Å². The minimum absolute atomic E-state index is 0.138. The molecule has 1 aromatic heterocycles. The number of thiophene rings is 1. The lowest BCUT2D eigenvalue weighted by molar-refractivity contribution is -0.115. The van der Waals surface area contributed by atoms with Crippen LogP contribution in [0.1, 0.15) is 51.4 Å². The molecule has 1 amide bonds. The van der Waals surface area contributed by atoms with Gasteiger partial charge in [0.15, 0.2) is 0 Å². The molecule has 0 unspecified atom stereocenters. The lowest BCUT2D eigenvalue weighted by atomic mass is 9.85. The van der Waals surface area contributed by atoms with Crippen molar-refractivity contribution in [3.05, 3.63) is 82.2 Å². The summed E-state index contributed by atoms with van der Waals surface area (Å²) in [5.41, 5.74) is 2.51. The molecule has 0 saturated carbocycles. The second-order valence-electron chi connectivity index (χ2n) is 7.93. The molecule has 0 radical (unpaired) electrons. The Morgan fingerprint density at radius 2 is 1.81 bits per heavy atom. The molecule has 32 heavy (non-hydrogen) atoms. The number of ether oxygens (including phenoxy) is 1. The van der Waals surface area contributed by atoms with E-state index in [9.17, 15) is 9.59 Å². The monoisotopic (exact) mass is 465 g/mol. The second kappa shape index (κ2) is 10.4. The molecule has 0 spiro atoms. The molecule has 0 saturated heterocycles. The van der Waals surface area contributed by atoms with Crippen molar-refractivity contribution in [1.82, 2.24) is 0 Å². The second-order valence-corrected chi connectivity index (χ2v) is 10.2. The van der Waals surface area contributed by atoms with E-state index in [-0.39, 0.29) is 11.9 Å². The highest BCUT2D eigenvalue weighted by Crippen LogP contribution is 2.42. The van der Waals surface area contributed by atoms with Crippen molar-refractivity contribution >= 4 is 40.0 Å². The molecule has 4 rings (SSSR count). The van der Waals surface area contributed by atoms with Crippen molar-refractivity contribution in [1.29, 1.82) is 0 Å². The van der Waals surface area contributed by atoms with Crippen LogP contribution < -0.4 is 5.32 Å². The van der Waals surface area contributed by atoms with Gasteiger partial charge < -0.3 is 10.1 Å². The summed E-state index contributed by atoms with van der Waals surface area (Å²) in [5.74, 6) is 0.112. The fourth-order valence-corrected chi connectivity index (χ4v) is 6.52. The summed E-state index contributed by atoms with van der Waals surface area (Å²) in [6.45, 7) is 2.21. The molecular formula is C26H27NO3S2. The molecule has 2 atom stereocenters. The lowest BCUT2D eigenvalue weighted by Crippen LogP contribution is -2.20. The Balaban J connectivity index is 1.66. The van der Waals surface area contributed by atoms with E-state index >= 15 is 0 Å². The number of rotatable bonds is 7. The molecule has 1 aliphatic carbocycles. The molecular weight excluding hydrogens is 438 g/mol. The van der Waals surface area contributed by atoms with Crippen LogP contribution in [0.25, 0.3) is 0 Å². The van der Waals surface area contributed by atoms with Gasteiger partial charge in [-0.25, -0.2) is 4.79 Å². The maximum Gasteiger partial charge on any atom is 0.341 e. The van der Waals surface area contributed by atoms with Gasteiger partial charge in [0, 0.05) is 9.77 Å². The average molecular weight is 466 g/mol. The molecule has 1 heterocycles. The van der Waals surface area contributed by atoms with E-state index in [0.29, 0.717) is 16.5 Å². The SMILES string of the molecule is CC[C@@H]1CCc2c(sc(NC(=O)[C@@H](Sc3ccccc3)c3ccccc3)c2C(=O)OC)C1. The fraction of sp³-hybridized carbons (Fsp3) is 0.308.